The van der Waals surface area contributed by atoms with Crippen LogP contribution in [0.25, 0.3) is 22.3 Å². The van der Waals surface area contributed by atoms with E-state index in [-0.39, 0.29) is 5.91 Å². The maximum Gasteiger partial charge on any atom is 0.258 e. The average Bonchev–Trinajstić information content (AvgIpc) is 3.30. The van der Waals surface area contributed by atoms with Crippen LogP contribution in [0.3, 0.4) is 0 Å². The van der Waals surface area contributed by atoms with E-state index in [0.29, 0.717) is 11.3 Å². The van der Waals surface area contributed by atoms with Gasteiger partial charge in [-0.1, -0.05) is 41.6 Å². The van der Waals surface area contributed by atoms with Gasteiger partial charge in [0.1, 0.15) is 5.52 Å². The highest BCUT2D eigenvalue weighted by Gasteiger charge is 2.28. The number of hydrogen-bond donors (Lipinski definition) is 3. The van der Waals surface area contributed by atoms with Crippen molar-refractivity contribution in [3.63, 3.8) is 0 Å². The predicted octanol–water partition coefficient (Wildman–Crippen LogP) is 4.09. The fraction of sp³-hybridized carbons (Fsp3) is 0.160. The number of nitrogens with one attached hydrogen (secondary N) is 2. The Hall–Kier alpha value is -3.97. The van der Waals surface area contributed by atoms with Crippen molar-refractivity contribution < 1.29 is 4.79 Å². The molecule has 2 heterocycles. The highest BCUT2D eigenvalue weighted by molar-refractivity contribution is 6.37. The van der Waals surface area contributed by atoms with E-state index in [4.69, 9.17) is 5.73 Å². The molecule has 0 atom stereocenters. The van der Waals surface area contributed by atoms with Gasteiger partial charge in [0.05, 0.1) is 16.8 Å². The molecule has 0 spiro atoms. The Balaban J connectivity index is 1.66. The first kappa shape index (κ1) is 20.0. The molecule has 1 aliphatic rings. The first-order valence-corrected chi connectivity index (χ1v) is 10.4. The topological polar surface area (TPSA) is 97.9 Å². The normalized spacial score (nSPS) is 14.9. The largest absolute Gasteiger partial charge is 0.354 e. The zero-order chi connectivity index (χ0) is 22.5. The van der Waals surface area contributed by atoms with Gasteiger partial charge in [0.25, 0.3) is 5.91 Å². The van der Waals surface area contributed by atoms with E-state index in [2.05, 4.69) is 20.9 Å². The predicted molar refractivity (Wildman–Crippen MR) is 128 cm³/mol. The van der Waals surface area contributed by atoms with Crippen molar-refractivity contribution in [3.05, 3.63) is 83.4 Å². The molecule has 5 rings (SSSR count). The fourth-order valence-corrected chi connectivity index (χ4v) is 3.97. The van der Waals surface area contributed by atoms with Crippen molar-refractivity contribution in [1.82, 2.24) is 15.0 Å². The molecule has 160 valence electrons. The second kappa shape index (κ2) is 7.32. The van der Waals surface area contributed by atoms with Crippen molar-refractivity contribution in [2.75, 3.05) is 10.6 Å². The van der Waals surface area contributed by atoms with Gasteiger partial charge in [-0.05, 0) is 49.7 Å². The summed E-state index contributed by atoms with van der Waals surface area (Å²) in [5.74, 6) is -0.146. The van der Waals surface area contributed by atoms with Gasteiger partial charge in [-0.25, -0.2) is 4.68 Å². The molecule has 0 saturated heterocycles. The number of benzene rings is 3. The number of nitrogens with zero attached hydrogens (tertiary/aromatic N) is 3. The lowest BCUT2D eigenvalue weighted by molar-refractivity contribution is -0.110. The maximum atomic E-state index is 13.0. The summed E-state index contributed by atoms with van der Waals surface area (Å²) in [6, 6.07) is 21.5. The number of para-hydroxylation sites is 1. The molecule has 1 aliphatic heterocycles. The van der Waals surface area contributed by atoms with Crippen LogP contribution in [-0.2, 0) is 17.4 Å². The summed E-state index contributed by atoms with van der Waals surface area (Å²) in [5, 5.41) is 14.8. The van der Waals surface area contributed by atoms with Gasteiger partial charge in [-0.2, -0.15) is 0 Å². The number of amides is 1. The lowest BCUT2D eigenvalue weighted by Gasteiger charge is -2.20. The van der Waals surface area contributed by atoms with Crippen LogP contribution in [0.4, 0.5) is 11.4 Å². The number of anilines is 2. The zero-order valence-electron chi connectivity index (χ0n) is 18.2. The summed E-state index contributed by atoms with van der Waals surface area (Å²) in [6.45, 7) is 3.94. The van der Waals surface area contributed by atoms with Crippen LogP contribution < -0.4 is 16.4 Å². The molecular formula is C25H24N6O. The third kappa shape index (κ3) is 3.42. The van der Waals surface area contributed by atoms with Crippen LogP contribution in [0.5, 0.6) is 0 Å². The molecule has 0 radical (unpaired) electrons. The van der Waals surface area contributed by atoms with Crippen molar-refractivity contribution in [2.45, 2.75) is 19.4 Å². The zero-order valence-corrected chi connectivity index (χ0v) is 18.2. The lowest BCUT2D eigenvalue weighted by Crippen LogP contribution is -2.28. The smallest absolute Gasteiger partial charge is 0.258 e. The Kier molecular flexibility index (Phi) is 4.56. The molecule has 7 nitrogen and oxygen atoms in total. The standard InChI is InChI=1S/C25H24N6O/c1-25(2,26)16-9-11-17(12-10-16)27-23(15-8-13-21-20(14-15)29-30-31(21)3)22-18-6-4-5-7-19(18)28-24(22)32/h4-14,27H,26H2,1-3H3,(H,28,32)/b23-22-. The van der Waals surface area contributed by atoms with Gasteiger partial charge in [0, 0.05) is 35.1 Å². The first-order valence-electron chi connectivity index (χ1n) is 10.4. The molecule has 4 N–H and O–H groups in total. The average molecular weight is 425 g/mol. The SMILES string of the molecule is Cn1nnc2cc(/C(Nc3ccc(C(C)(C)N)cc3)=C3/C(=O)Nc4ccccc43)ccc21. The number of carbonyl (C=O) groups is 1. The van der Waals surface area contributed by atoms with Crippen LogP contribution >= 0.6 is 0 Å². The Labute approximate surface area is 185 Å². The van der Waals surface area contributed by atoms with Crippen molar-refractivity contribution >= 4 is 39.6 Å². The summed E-state index contributed by atoms with van der Waals surface area (Å²) in [5.41, 5.74) is 13.2. The molecule has 0 unspecified atom stereocenters. The summed E-state index contributed by atoms with van der Waals surface area (Å²) in [7, 11) is 1.85. The van der Waals surface area contributed by atoms with E-state index >= 15 is 0 Å². The van der Waals surface area contributed by atoms with Gasteiger partial charge in [-0.15, -0.1) is 5.10 Å². The van der Waals surface area contributed by atoms with Gasteiger partial charge in [0.2, 0.25) is 0 Å². The second-order valence-electron chi connectivity index (χ2n) is 8.59. The molecule has 3 aromatic carbocycles. The molecule has 0 aliphatic carbocycles. The minimum Gasteiger partial charge on any atom is -0.354 e. The van der Waals surface area contributed by atoms with Gasteiger partial charge >= 0.3 is 0 Å². The molecule has 0 fully saturated rings. The summed E-state index contributed by atoms with van der Waals surface area (Å²) < 4.78 is 1.73. The van der Waals surface area contributed by atoms with E-state index in [1.165, 1.54) is 0 Å². The van der Waals surface area contributed by atoms with E-state index in [1.54, 1.807) is 4.68 Å². The van der Waals surface area contributed by atoms with E-state index in [9.17, 15) is 4.79 Å². The Bertz CT molecular complexity index is 1380. The molecule has 7 heteroatoms. The molecule has 1 amide bonds. The number of nitrogens with two attached hydrogens (primary N) is 1. The molecule has 0 bridgehead atoms. The highest BCUT2D eigenvalue weighted by Crippen LogP contribution is 2.38. The van der Waals surface area contributed by atoms with E-state index in [1.807, 2.05) is 87.6 Å². The van der Waals surface area contributed by atoms with Gasteiger partial charge in [-0.3, -0.25) is 4.79 Å². The number of carbonyl (C=O) groups excluding carboxylic acids is 1. The van der Waals surface area contributed by atoms with Crippen molar-refractivity contribution in [2.24, 2.45) is 12.8 Å². The minimum absolute atomic E-state index is 0.146. The third-order valence-corrected chi connectivity index (χ3v) is 5.72. The second-order valence-corrected chi connectivity index (χ2v) is 8.59. The molecule has 4 aromatic rings. The summed E-state index contributed by atoms with van der Waals surface area (Å²) >= 11 is 0. The van der Waals surface area contributed by atoms with E-state index < -0.39 is 5.54 Å². The van der Waals surface area contributed by atoms with Crippen LogP contribution in [0.15, 0.2) is 66.7 Å². The lowest BCUT2D eigenvalue weighted by atomic mass is 9.95. The van der Waals surface area contributed by atoms with E-state index in [0.717, 1.165) is 39.1 Å². The molecular weight excluding hydrogens is 400 g/mol. The summed E-state index contributed by atoms with van der Waals surface area (Å²) in [4.78, 5) is 13.0. The maximum absolute atomic E-state index is 13.0. The van der Waals surface area contributed by atoms with Crippen LogP contribution in [0, 0.1) is 0 Å². The highest BCUT2D eigenvalue weighted by atomic mass is 16.2. The molecule has 1 aromatic heterocycles. The van der Waals surface area contributed by atoms with Crippen LogP contribution in [0.1, 0.15) is 30.5 Å². The van der Waals surface area contributed by atoms with Gasteiger partial charge < -0.3 is 16.4 Å². The molecule has 0 saturated carbocycles. The van der Waals surface area contributed by atoms with Crippen LogP contribution in [0.2, 0.25) is 0 Å². The quantitative estimate of drug-likeness (QED) is 0.429. The molecule has 32 heavy (non-hydrogen) atoms. The third-order valence-electron chi connectivity index (χ3n) is 5.72. The number of hydrogen-bond acceptors (Lipinski definition) is 5. The Morgan fingerprint density at radius 1 is 1.06 bits per heavy atom. The van der Waals surface area contributed by atoms with Gasteiger partial charge in [0.15, 0.2) is 0 Å². The number of rotatable bonds is 4. The van der Waals surface area contributed by atoms with Crippen LogP contribution in [-0.4, -0.2) is 20.9 Å². The monoisotopic (exact) mass is 424 g/mol. The fourth-order valence-electron chi connectivity index (χ4n) is 3.97. The Morgan fingerprint density at radius 3 is 2.56 bits per heavy atom. The Morgan fingerprint density at radius 2 is 1.81 bits per heavy atom. The number of fused-ring (bicyclic) bond motifs is 2. The number of aromatic nitrogens is 3. The van der Waals surface area contributed by atoms with Crippen molar-refractivity contribution in [1.29, 1.82) is 0 Å². The number of aryl methyl sites for hydroxylation is 1. The first-order chi connectivity index (χ1) is 15.3. The summed E-state index contributed by atoms with van der Waals surface area (Å²) in [6.07, 6.45) is 0. The minimum atomic E-state index is -0.429. The van der Waals surface area contributed by atoms with Crippen molar-refractivity contribution in [3.8, 4) is 0 Å².